The highest BCUT2D eigenvalue weighted by Gasteiger charge is 2.19. The Kier molecular flexibility index (Phi) is 5.90. The van der Waals surface area contributed by atoms with Gasteiger partial charge in [-0.3, -0.25) is 9.59 Å². The zero-order chi connectivity index (χ0) is 18.4. The number of carbonyl (C=O) groups excluding carboxylic acids is 2. The van der Waals surface area contributed by atoms with E-state index in [9.17, 15) is 9.59 Å². The van der Waals surface area contributed by atoms with Crippen LogP contribution in [0, 0.1) is 25.2 Å². The first kappa shape index (κ1) is 18.2. The van der Waals surface area contributed by atoms with Gasteiger partial charge in [-0.1, -0.05) is 11.2 Å². The lowest BCUT2D eigenvalue weighted by Crippen LogP contribution is -2.30. The van der Waals surface area contributed by atoms with Gasteiger partial charge in [0.25, 0.3) is 5.91 Å². The number of benzene rings is 1. The number of aryl methyl sites for hydroxylation is 2. The van der Waals surface area contributed by atoms with Crippen molar-refractivity contribution >= 4 is 17.6 Å². The van der Waals surface area contributed by atoms with Crippen molar-refractivity contribution in [2.45, 2.75) is 39.7 Å². The van der Waals surface area contributed by atoms with Crippen LogP contribution in [0.1, 0.15) is 35.9 Å². The second kappa shape index (κ2) is 8.11. The van der Waals surface area contributed by atoms with E-state index in [0.717, 1.165) is 11.3 Å². The molecule has 0 bridgehead atoms. The van der Waals surface area contributed by atoms with Crippen molar-refractivity contribution < 1.29 is 18.8 Å². The number of ether oxygens (including phenoxy) is 1. The number of hydrogen-bond acceptors (Lipinski definition) is 6. The predicted octanol–water partition coefficient (Wildman–Crippen LogP) is 2.67. The molecule has 2 rings (SSSR count). The Bertz CT molecular complexity index is 800. The van der Waals surface area contributed by atoms with Crippen LogP contribution in [0.15, 0.2) is 28.8 Å². The molecule has 0 fully saturated rings. The Morgan fingerprint density at radius 3 is 2.80 bits per heavy atom. The van der Waals surface area contributed by atoms with Gasteiger partial charge in [-0.05, 0) is 45.4 Å². The summed E-state index contributed by atoms with van der Waals surface area (Å²) in [5, 5.41) is 15.3. The quantitative estimate of drug-likeness (QED) is 0.810. The monoisotopic (exact) mass is 341 g/mol. The normalized spacial score (nSPS) is 11.4. The molecular weight excluding hydrogens is 322 g/mol. The molecule has 7 nitrogen and oxygen atoms in total. The first-order valence-electron chi connectivity index (χ1n) is 7.83. The van der Waals surface area contributed by atoms with Gasteiger partial charge in [-0.2, -0.15) is 5.26 Å². The minimum atomic E-state index is -0.942. The molecule has 1 amide bonds. The average Bonchev–Trinajstić information content (AvgIpc) is 2.91. The van der Waals surface area contributed by atoms with Gasteiger partial charge in [0.1, 0.15) is 5.76 Å². The Labute approximate surface area is 145 Å². The Morgan fingerprint density at radius 2 is 2.16 bits per heavy atom. The van der Waals surface area contributed by atoms with E-state index in [1.165, 1.54) is 6.92 Å². The van der Waals surface area contributed by atoms with Gasteiger partial charge in [-0.15, -0.1) is 0 Å². The van der Waals surface area contributed by atoms with Crippen LogP contribution in [0.4, 0.5) is 5.69 Å². The Balaban J connectivity index is 1.85. The smallest absolute Gasteiger partial charge is 0.306 e. The summed E-state index contributed by atoms with van der Waals surface area (Å²) in [5.74, 6) is -0.261. The van der Waals surface area contributed by atoms with Crippen molar-refractivity contribution in [3.05, 3.63) is 46.8 Å². The molecule has 1 aromatic carbocycles. The summed E-state index contributed by atoms with van der Waals surface area (Å²) in [7, 11) is 0. The highest BCUT2D eigenvalue weighted by atomic mass is 16.5. The minimum absolute atomic E-state index is 0.129. The standard InChI is InChI=1S/C18H19N3O4/c1-11-16(12(2)25-21-11)7-8-17(22)24-13(3)18(23)20-15-6-4-5-14(9-15)10-19/h4-6,9,13H,7-8H2,1-3H3,(H,20,23)/t13-/m0/s1. The van der Waals surface area contributed by atoms with Crippen molar-refractivity contribution in [1.82, 2.24) is 5.16 Å². The molecule has 0 saturated heterocycles. The maximum Gasteiger partial charge on any atom is 0.306 e. The Hall–Kier alpha value is -3.14. The van der Waals surface area contributed by atoms with Crippen LogP contribution in [-0.4, -0.2) is 23.1 Å². The molecule has 0 saturated carbocycles. The van der Waals surface area contributed by atoms with Crippen LogP contribution in [0.25, 0.3) is 0 Å². The Morgan fingerprint density at radius 1 is 1.40 bits per heavy atom. The van der Waals surface area contributed by atoms with Crippen molar-refractivity contribution in [2.24, 2.45) is 0 Å². The van der Waals surface area contributed by atoms with Gasteiger partial charge in [0, 0.05) is 17.7 Å². The van der Waals surface area contributed by atoms with E-state index in [0.29, 0.717) is 23.4 Å². The largest absolute Gasteiger partial charge is 0.453 e. The highest BCUT2D eigenvalue weighted by molar-refractivity contribution is 5.95. The number of nitrogens with one attached hydrogen (secondary N) is 1. The van der Waals surface area contributed by atoms with Crippen LogP contribution >= 0.6 is 0 Å². The molecular formula is C18H19N3O4. The van der Waals surface area contributed by atoms with Crippen LogP contribution in [0.2, 0.25) is 0 Å². The van der Waals surface area contributed by atoms with Crippen molar-refractivity contribution in [1.29, 1.82) is 5.26 Å². The molecule has 0 unspecified atom stereocenters. The molecule has 0 aliphatic carbocycles. The number of rotatable bonds is 6. The first-order chi connectivity index (χ1) is 11.9. The van der Waals surface area contributed by atoms with Gasteiger partial charge in [0.15, 0.2) is 6.10 Å². The molecule has 1 aromatic heterocycles. The zero-order valence-electron chi connectivity index (χ0n) is 14.3. The lowest BCUT2D eigenvalue weighted by Gasteiger charge is -2.13. The van der Waals surface area contributed by atoms with E-state index in [2.05, 4.69) is 10.5 Å². The predicted molar refractivity (Wildman–Crippen MR) is 89.6 cm³/mol. The van der Waals surface area contributed by atoms with Crippen LogP contribution < -0.4 is 5.32 Å². The average molecular weight is 341 g/mol. The second-order valence-corrected chi connectivity index (χ2v) is 5.62. The molecule has 1 atom stereocenters. The minimum Gasteiger partial charge on any atom is -0.453 e. The molecule has 2 aromatic rings. The van der Waals surface area contributed by atoms with Crippen LogP contribution in [0.3, 0.4) is 0 Å². The van der Waals surface area contributed by atoms with E-state index in [1.54, 1.807) is 31.2 Å². The van der Waals surface area contributed by atoms with Gasteiger partial charge in [0.2, 0.25) is 0 Å². The third kappa shape index (κ3) is 4.91. The van der Waals surface area contributed by atoms with Gasteiger partial charge >= 0.3 is 5.97 Å². The van der Waals surface area contributed by atoms with E-state index in [-0.39, 0.29) is 6.42 Å². The summed E-state index contributed by atoms with van der Waals surface area (Å²) >= 11 is 0. The van der Waals surface area contributed by atoms with Gasteiger partial charge in [-0.25, -0.2) is 0 Å². The third-order valence-corrected chi connectivity index (χ3v) is 3.70. The molecule has 130 valence electrons. The van der Waals surface area contributed by atoms with E-state index in [1.807, 2.05) is 13.0 Å². The summed E-state index contributed by atoms with van der Waals surface area (Å²) in [5.41, 5.74) is 2.53. The highest BCUT2D eigenvalue weighted by Crippen LogP contribution is 2.15. The maximum absolute atomic E-state index is 12.1. The zero-order valence-corrected chi connectivity index (χ0v) is 14.3. The fourth-order valence-corrected chi connectivity index (χ4v) is 2.31. The second-order valence-electron chi connectivity index (χ2n) is 5.62. The van der Waals surface area contributed by atoms with Crippen LogP contribution in [-0.2, 0) is 20.7 Å². The molecule has 0 spiro atoms. The summed E-state index contributed by atoms with van der Waals surface area (Å²) < 4.78 is 10.2. The van der Waals surface area contributed by atoms with E-state index in [4.69, 9.17) is 14.5 Å². The molecule has 25 heavy (non-hydrogen) atoms. The van der Waals surface area contributed by atoms with Gasteiger partial charge < -0.3 is 14.6 Å². The number of amides is 1. The van der Waals surface area contributed by atoms with E-state index < -0.39 is 18.0 Å². The fraction of sp³-hybridized carbons (Fsp3) is 0.333. The molecule has 0 aliphatic rings. The first-order valence-corrected chi connectivity index (χ1v) is 7.83. The number of nitrogens with zero attached hydrogens (tertiary/aromatic N) is 2. The molecule has 0 radical (unpaired) electrons. The van der Waals surface area contributed by atoms with Crippen LogP contribution in [0.5, 0.6) is 0 Å². The lowest BCUT2D eigenvalue weighted by atomic mass is 10.1. The maximum atomic E-state index is 12.1. The topological polar surface area (TPSA) is 105 Å². The van der Waals surface area contributed by atoms with Crippen molar-refractivity contribution in [3.8, 4) is 6.07 Å². The number of hydrogen-bond donors (Lipinski definition) is 1. The molecule has 1 heterocycles. The lowest BCUT2D eigenvalue weighted by molar-refractivity contribution is -0.153. The third-order valence-electron chi connectivity index (χ3n) is 3.70. The van der Waals surface area contributed by atoms with Crippen molar-refractivity contribution in [3.63, 3.8) is 0 Å². The number of aromatic nitrogens is 1. The SMILES string of the molecule is Cc1noc(C)c1CCC(=O)O[C@@H](C)C(=O)Nc1cccc(C#N)c1. The molecule has 0 aliphatic heterocycles. The number of anilines is 1. The summed E-state index contributed by atoms with van der Waals surface area (Å²) in [6.45, 7) is 5.09. The molecule has 7 heteroatoms. The van der Waals surface area contributed by atoms with Crippen molar-refractivity contribution in [2.75, 3.05) is 5.32 Å². The van der Waals surface area contributed by atoms with Gasteiger partial charge in [0.05, 0.1) is 17.3 Å². The number of esters is 1. The fourth-order valence-electron chi connectivity index (χ4n) is 2.31. The summed E-state index contributed by atoms with van der Waals surface area (Å²) in [4.78, 5) is 24.0. The molecule has 1 N–H and O–H groups in total. The number of carbonyl (C=O) groups is 2. The number of nitriles is 1. The summed E-state index contributed by atoms with van der Waals surface area (Å²) in [6.07, 6.45) is -0.369. The summed E-state index contributed by atoms with van der Waals surface area (Å²) in [6, 6.07) is 8.49. The van der Waals surface area contributed by atoms with E-state index >= 15 is 0 Å².